The molecule has 0 bridgehead atoms. The Morgan fingerprint density at radius 1 is 1.03 bits per heavy atom. The molecule has 2 aliphatic heterocycles. The Morgan fingerprint density at radius 3 is 2.72 bits per heavy atom. The molecule has 0 amide bonds. The molecule has 0 aliphatic carbocycles. The molecular formula is C24H25NO4. The molecule has 3 heterocycles. The highest BCUT2D eigenvalue weighted by Crippen LogP contribution is 2.39. The summed E-state index contributed by atoms with van der Waals surface area (Å²) < 4.78 is 17.0. The van der Waals surface area contributed by atoms with Crippen LogP contribution in [0.3, 0.4) is 0 Å². The molecule has 1 fully saturated rings. The molecule has 2 aromatic carbocycles. The van der Waals surface area contributed by atoms with Crippen LogP contribution in [0.15, 0.2) is 45.6 Å². The fourth-order valence-electron chi connectivity index (χ4n) is 4.53. The monoisotopic (exact) mass is 391 g/mol. The summed E-state index contributed by atoms with van der Waals surface area (Å²) in [7, 11) is 0. The van der Waals surface area contributed by atoms with Crippen LogP contribution in [0.2, 0.25) is 0 Å². The molecule has 3 aromatic rings. The van der Waals surface area contributed by atoms with Gasteiger partial charge in [-0.05, 0) is 67.6 Å². The average molecular weight is 391 g/mol. The Kier molecular flexibility index (Phi) is 4.55. The van der Waals surface area contributed by atoms with E-state index in [0.29, 0.717) is 24.8 Å². The number of rotatable bonds is 3. The molecule has 29 heavy (non-hydrogen) atoms. The van der Waals surface area contributed by atoms with Gasteiger partial charge in [0.15, 0.2) is 11.5 Å². The van der Waals surface area contributed by atoms with E-state index in [9.17, 15) is 4.79 Å². The van der Waals surface area contributed by atoms with Gasteiger partial charge < -0.3 is 13.9 Å². The lowest BCUT2D eigenvalue weighted by Gasteiger charge is -2.27. The van der Waals surface area contributed by atoms with Gasteiger partial charge in [0.1, 0.15) is 18.8 Å². The van der Waals surface area contributed by atoms with E-state index in [2.05, 4.69) is 29.2 Å². The smallest absolute Gasteiger partial charge is 0.336 e. The molecule has 0 spiro atoms. The summed E-state index contributed by atoms with van der Waals surface area (Å²) in [6.45, 7) is 6.98. The van der Waals surface area contributed by atoms with Crippen LogP contribution in [-0.4, -0.2) is 24.7 Å². The van der Waals surface area contributed by atoms with Crippen LogP contribution < -0.4 is 15.1 Å². The van der Waals surface area contributed by atoms with Gasteiger partial charge in [0.25, 0.3) is 0 Å². The second-order valence-corrected chi connectivity index (χ2v) is 8.01. The predicted molar refractivity (Wildman–Crippen MR) is 112 cm³/mol. The van der Waals surface area contributed by atoms with Gasteiger partial charge in [-0.25, -0.2) is 4.79 Å². The van der Waals surface area contributed by atoms with Crippen molar-refractivity contribution in [3.63, 3.8) is 0 Å². The minimum atomic E-state index is -0.281. The van der Waals surface area contributed by atoms with E-state index in [1.54, 1.807) is 6.07 Å². The number of ether oxygens (including phenoxy) is 2. The zero-order valence-electron chi connectivity index (χ0n) is 16.9. The van der Waals surface area contributed by atoms with Crippen LogP contribution in [0.4, 0.5) is 0 Å². The zero-order chi connectivity index (χ0) is 20.0. The van der Waals surface area contributed by atoms with Gasteiger partial charge in [0, 0.05) is 24.0 Å². The first-order valence-corrected chi connectivity index (χ1v) is 10.3. The minimum Gasteiger partial charge on any atom is -0.486 e. The summed E-state index contributed by atoms with van der Waals surface area (Å²) in [5.74, 6) is 1.65. The van der Waals surface area contributed by atoms with E-state index in [1.807, 2.05) is 19.9 Å². The van der Waals surface area contributed by atoms with E-state index >= 15 is 0 Å². The van der Waals surface area contributed by atoms with Crippen molar-refractivity contribution in [2.24, 2.45) is 0 Å². The highest BCUT2D eigenvalue weighted by atomic mass is 16.6. The Balaban J connectivity index is 1.49. The lowest BCUT2D eigenvalue weighted by Crippen LogP contribution is -2.24. The third-order valence-corrected chi connectivity index (χ3v) is 6.21. The number of likely N-dealkylation sites (tertiary alicyclic amines) is 1. The normalized spacial score (nSPS) is 19.0. The first-order chi connectivity index (χ1) is 14.1. The summed E-state index contributed by atoms with van der Waals surface area (Å²) in [6.07, 6.45) is 2.23. The second-order valence-electron chi connectivity index (χ2n) is 8.01. The lowest BCUT2D eigenvalue weighted by molar-refractivity contribution is 0.170. The second kappa shape index (κ2) is 7.23. The van der Waals surface area contributed by atoms with Crippen LogP contribution in [-0.2, 0) is 6.54 Å². The highest BCUT2D eigenvalue weighted by molar-refractivity contribution is 5.83. The maximum atomic E-state index is 12.2. The Labute approximate surface area is 169 Å². The zero-order valence-corrected chi connectivity index (χ0v) is 16.9. The largest absolute Gasteiger partial charge is 0.486 e. The first kappa shape index (κ1) is 18.3. The van der Waals surface area contributed by atoms with E-state index in [-0.39, 0.29) is 5.63 Å². The number of hydrogen-bond acceptors (Lipinski definition) is 5. The molecule has 0 saturated carbocycles. The van der Waals surface area contributed by atoms with E-state index in [4.69, 9.17) is 13.9 Å². The molecule has 5 heteroatoms. The number of nitrogens with zero attached hydrogens (tertiary/aromatic N) is 1. The minimum absolute atomic E-state index is 0.281. The van der Waals surface area contributed by atoms with Crippen LogP contribution in [0.5, 0.6) is 11.5 Å². The Bertz CT molecular complexity index is 1130. The molecule has 1 atom stereocenters. The SMILES string of the molecule is Cc1ccc2c(CN3CCCC3c3ccc4c(c3)OCCO4)cc(=O)oc2c1C. The standard InChI is InChI=1S/C24H25NO4/c1-15-5-7-19-18(13-23(26)29-24(19)16(15)2)14-25-9-3-4-20(25)17-6-8-21-22(12-17)28-11-10-27-21/h5-8,12-13,20H,3-4,9-11,14H2,1-2H3. The molecule has 0 radical (unpaired) electrons. The fraction of sp³-hybridized carbons (Fsp3) is 0.375. The van der Waals surface area contributed by atoms with Crippen molar-refractivity contribution in [2.45, 2.75) is 39.3 Å². The topological polar surface area (TPSA) is 51.9 Å². The molecule has 1 aromatic heterocycles. The highest BCUT2D eigenvalue weighted by Gasteiger charge is 2.28. The van der Waals surface area contributed by atoms with Crippen molar-refractivity contribution < 1.29 is 13.9 Å². The van der Waals surface area contributed by atoms with E-state index < -0.39 is 0 Å². The molecule has 1 saturated heterocycles. The summed E-state index contributed by atoms with van der Waals surface area (Å²) in [5.41, 5.74) is 4.87. The quantitative estimate of drug-likeness (QED) is 0.615. The predicted octanol–water partition coefficient (Wildman–Crippen LogP) is 4.52. The third kappa shape index (κ3) is 3.29. The number of fused-ring (bicyclic) bond motifs is 2. The average Bonchev–Trinajstić information content (AvgIpc) is 3.19. The lowest BCUT2D eigenvalue weighted by atomic mass is 10.0. The fourth-order valence-corrected chi connectivity index (χ4v) is 4.53. The maximum Gasteiger partial charge on any atom is 0.336 e. The maximum absolute atomic E-state index is 12.2. The molecule has 150 valence electrons. The van der Waals surface area contributed by atoms with Crippen LogP contribution >= 0.6 is 0 Å². The van der Waals surface area contributed by atoms with Gasteiger partial charge in [0.2, 0.25) is 0 Å². The van der Waals surface area contributed by atoms with Crippen molar-refractivity contribution >= 4 is 11.0 Å². The van der Waals surface area contributed by atoms with Gasteiger partial charge in [-0.15, -0.1) is 0 Å². The number of benzene rings is 2. The van der Waals surface area contributed by atoms with Crippen molar-refractivity contribution in [3.05, 3.63) is 69.1 Å². The van der Waals surface area contributed by atoms with Crippen molar-refractivity contribution in [1.29, 1.82) is 0 Å². The summed E-state index contributed by atoms with van der Waals surface area (Å²) in [5, 5.41) is 1.03. The van der Waals surface area contributed by atoms with Gasteiger partial charge in [-0.2, -0.15) is 0 Å². The molecular weight excluding hydrogens is 366 g/mol. The van der Waals surface area contributed by atoms with Gasteiger partial charge in [-0.1, -0.05) is 18.2 Å². The van der Waals surface area contributed by atoms with Crippen LogP contribution in [0.25, 0.3) is 11.0 Å². The molecule has 2 aliphatic rings. The Morgan fingerprint density at radius 2 is 1.86 bits per heavy atom. The van der Waals surface area contributed by atoms with Gasteiger partial charge in [-0.3, -0.25) is 4.90 Å². The molecule has 0 N–H and O–H groups in total. The molecule has 5 rings (SSSR count). The summed E-state index contributed by atoms with van der Waals surface area (Å²) >= 11 is 0. The third-order valence-electron chi connectivity index (χ3n) is 6.21. The molecule has 1 unspecified atom stereocenters. The van der Waals surface area contributed by atoms with E-state index in [0.717, 1.165) is 59.5 Å². The van der Waals surface area contributed by atoms with Crippen molar-refractivity contribution in [3.8, 4) is 11.5 Å². The van der Waals surface area contributed by atoms with Crippen LogP contribution in [0.1, 0.15) is 41.1 Å². The van der Waals surface area contributed by atoms with Crippen molar-refractivity contribution in [2.75, 3.05) is 19.8 Å². The van der Waals surface area contributed by atoms with Crippen molar-refractivity contribution in [1.82, 2.24) is 4.90 Å². The number of hydrogen-bond donors (Lipinski definition) is 0. The van der Waals surface area contributed by atoms with E-state index in [1.165, 1.54) is 5.56 Å². The Hall–Kier alpha value is -2.79. The first-order valence-electron chi connectivity index (χ1n) is 10.3. The van der Waals surface area contributed by atoms with Gasteiger partial charge in [0.05, 0.1) is 0 Å². The van der Waals surface area contributed by atoms with Crippen LogP contribution in [0, 0.1) is 13.8 Å². The summed E-state index contributed by atoms with van der Waals surface area (Å²) in [4.78, 5) is 14.7. The summed E-state index contributed by atoms with van der Waals surface area (Å²) in [6, 6.07) is 12.4. The number of aryl methyl sites for hydroxylation is 2. The van der Waals surface area contributed by atoms with Gasteiger partial charge >= 0.3 is 5.63 Å². The molecule has 5 nitrogen and oxygen atoms in total.